The molecule has 5 aliphatic rings. The van der Waals surface area contributed by atoms with E-state index >= 15 is 0 Å². The van der Waals surface area contributed by atoms with E-state index in [4.69, 9.17) is 16.3 Å². The van der Waals surface area contributed by atoms with Gasteiger partial charge in [0.1, 0.15) is 11.6 Å². The highest BCUT2D eigenvalue weighted by molar-refractivity contribution is 6.31. The van der Waals surface area contributed by atoms with Gasteiger partial charge in [-0.05, 0) is 50.3 Å². The summed E-state index contributed by atoms with van der Waals surface area (Å²) in [4.78, 5) is 43.6. The fourth-order valence-electron chi connectivity index (χ4n) is 7.38. The Kier molecular flexibility index (Phi) is 6.56. The molecule has 37 heavy (non-hydrogen) atoms. The van der Waals surface area contributed by atoms with Gasteiger partial charge in [-0.3, -0.25) is 14.4 Å². The van der Waals surface area contributed by atoms with Gasteiger partial charge in [-0.1, -0.05) is 68.3 Å². The number of rotatable bonds is 5. The van der Waals surface area contributed by atoms with Crippen molar-refractivity contribution in [2.75, 3.05) is 5.32 Å². The number of carbonyl (C=O) groups excluding carboxylic acids is 3. The van der Waals surface area contributed by atoms with Gasteiger partial charge in [0.2, 0.25) is 17.7 Å². The molecule has 1 aromatic carbocycles. The number of amides is 3. The first-order valence-corrected chi connectivity index (χ1v) is 14.3. The summed E-state index contributed by atoms with van der Waals surface area (Å²) in [5.41, 5.74) is 0.401. The maximum atomic E-state index is 14.2. The van der Waals surface area contributed by atoms with Crippen LogP contribution in [0.1, 0.15) is 69.8 Å². The van der Waals surface area contributed by atoms with Crippen LogP contribution in [0.3, 0.4) is 0 Å². The molecule has 7 nitrogen and oxygen atoms in total. The van der Waals surface area contributed by atoms with E-state index in [9.17, 15) is 14.4 Å². The summed E-state index contributed by atoms with van der Waals surface area (Å²) in [5.74, 6) is -1.94. The second kappa shape index (κ2) is 9.73. The van der Waals surface area contributed by atoms with Gasteiger partial charge in [-0.15, -0.1) is 0 Å². The van der Waals surface area contributed by atoms with Gasteiger partial charge in [0, 0.05) is 22.8 Å². The van der Waals surface area contributed by atoms with Crippen LogP contribution in [0.25, 0.3) is 0 Å². The third kappa shape index (κ3) is 4.19. The zero-order valence-electron chi connectivity index (χ0n) is 21.4. The van der Waals surface area contributed by atoms with Crippen LogP contribution in [0.2, 0.25) is 5.02 Å². The lowest BCUT2D eigenvalue weighted by Crippen LogP contribution is -2.58. The summed E-state index contributed by atoms with van der Waals surface area (Å²) in [6.07, 6.45) is 13.6. The van der Waals surface area contributed by atoms with Crippen molar-refractivity contribution in [2.45, 2.75) is 101 Å². The molecule has 3 heterocycles. The summed E-state index contributed by atoms with van der Waals surface area (Å²) in [5, 5.41) is 6.80. The molecule has 5 atom stereocenters. The average Bonchev–Trinajstić information content (AvgIpc) is 3.54. The molecule has 3 aliphatic heterocycles. The number of halogens is 1. The van der Waals surface area contributed by atoms with Gasteiger partial charge in [0.25, 0.3) is 0 Å². The number of ether oxygens (including phenoxy) is 1. The molecule has 0 radical (unpaired) electrons. The Morgan fingerprint density at radius 2 is 1.73 bits per heavy atom. The Hall–Kier alpha value is -2.38. The number of aryl methyl sites for hydroxylation is 1. The van der Waals surface area contributed by atoms with E-state index in [-0.39, 0.29) is 29.8 Å². The molecular formula is C29H36ClN3O4. The molecule has 198 valence electrons. The summed E-state index contributed by atoms with van der Waals surface area (Å²) >= 11 is 6.28. The molecule has 1 spiro atoms. The third-order valence-corrected chi connectivity index (χ3v) is 9.63. The second-order valence-electron chi connectivity index (χ2n) is 11.5. The number of carbonyl (C=O) groups is 3. The second-order valence-corrected chi connectivity index (χ2v) is 11.9. The number of benzene rings is 1. The van der Waals surface area contributed by atoms with Gasteiger partial charge in [0.05, 0.1) is 17.9 Å². The molecule has 3 amide bonds. The molecule has 2 aliphatic carbocycles. The van der Waals surface area contributed by atoms with E-state index in [2.05, 4.69) is 10.6 Å². The van der Waals surface area contributed by atoms with Crippen molar-refractivity contribution in [2.24, 2.45) is 11.8 Å². The molecule has 2 saturated carbocycles. The van der Waals surface area contributed by atoms with Crippen LogP contribution in [0.4, 0.5) is 5.69 Å². The lowest BCUT2D eigenvalue weighted by atomic mass is 9.74. The molecule has 1 aromatic rings. The van der Waals surface area contributed by atoms with Crippen molar-refractivity contribution in [1.29, 1.82) is 0 Å². The number of likely N-dealkylation sites (tertiary alicyclic amines) is 1. The number of anilines is 1. The number of fused-ring (bicyclic) bond motifs is 1. The summed E-state index contributed by atoms with van der Waals surface area (Å²) in [6.45, 7) is 1.90. The minimum Gasteiger partial charge on any atom is -0.359 e. The van der Waals surface area contributed by atoms with E-state index in [1.165, 1.54) is 6.42 Å². The van der Waals surface area contributed by atoms with Crippen molar-refractivity contribution in [3.63, 3.8) is 0 Å². The van der Waals surface area contributed by atoms with Crippen molar-refractivity contribution < 1.29 is 19.1 Å². The van der Waals surface area contributed by atoms with Gasteiger partial charge in [-0.25, -0.2) is 0 Å². The summed E-state index contributed by atoms with van der Waals surface area (Å²) in [7, 11) is 0. The lowest BCUT2D eigenvalue weighted by molar-refractivity contribution is -0.144. The van der Waals surface area contributed by atoms with Crippen LogP contribution in [-0.2, 0) is 19.1 Å². The highest BCUT2D eigenvalue weighted by Crippen LogP contribution is 2.56. The summed E-state index contributed by atoms with van der Waals surface area (Å²) < 4.78 is 6.49. The predicted molar refractivity (Wildman–Crippen MR) is 141 cm³/mol. The van der Waals surface area contributed by atoms with Gasteiger partial charge < -0.3 is 20.3 Å². The third-order valence-electron chi connectivity index (χ3n) is 9.22. The van der Waals surface area contributed by atoms with Gasteiger partial charge >= 0.3 is 0 Å². The van der Waals surface area contributed by atoms with E-state index < -0.39 is 29.6 Å². The van der Waals surface area contributed by atoms with Crippen molar-refractivity contribution >= 4 is 35.0 Å². The van der Waals surface area contributed by atoms with Crippen molar-refractivity contribution in [3.05, 3.63) is 40.9 Å². The fourth-order valence-corrected chi connectivity index (χ4v) is 7.56. The van der Waals surface area contributed by atoms with Crippen LogP contribution in [0.15, 0.2) is 30.4 Å². The molecule has 8 heteroatoms. The van der Waals surface area contributed by atoms with E-state index in [1.54, 1.807) is 6.07 Å². The van der Waals surface area contributed by atoms with Gasteiger partial charge in [0.15, 0.2) is 0 Å². The standard InChI is InChI=1S/C29H36ClN3O4/c1-17-12-13-19(16-21(17)30)32-26(34)23-22-14-15-29(37-22)24(23)28(36)33(20-10-6-3-7-11-20)25(29)27(35)31-18-8-4-2-5-9-18/h12-16,18,20,22-25H,2-11H2,1H3,(H,31,35)(H,32,34). The topological polar surface area (TPSA) is 87.7 Å². The molecule has 2 saturated heterocycles. The van der Waals surface area contributed by atoms with Gasteiger partial charge in [-0.2, -0.15) is 0 Å². The highest BCUT2D eigenvalue weighted by atomic mass is 35.5. The molecule has 5 unspecified atom stereocenters. The first-order chi connectivity index (χ1) is 17.9. The van der Waals surface area contributed by atoms with Crippen LogP contribution < -0.4 is 10.6 Å². The Bertz CT molecular complexity index is 1130. The van der Waals surface area contributed by atoms with Crippen LogP contribution in [-0.4, -0.2) is 52.5 Å². The first-order valence-electron chi connectivity index (χ1n) is 14.0. The average molecular weight is 526 g/mol. The normalized spacial score (nSPS) is 33.6. The minimum atomic E-state index is -1.11. The highest BCUT2D eigenvalue weighted by Gasteiger charge is 2.73. The van der Waals surface area contributed by atoms with Crippen molar-refractivity contribution in [3.8, 4) is 0 Å². The fraction of sp³-hybridized carbons (Fsp3) is 0.621. The monoisotopic (exact) mass is 525 g/mol. The Labute approximate surface area is 223 Å². The molecule has 4 fully saturated rings. The van der Waals surface area contributed by atoms with Crippen LogP contribution in [0, 0.1) is 18.8 Å². The summed E-state index contributed by atoms with van der Waals surface area (Å²) in [6, 6.07) is 4.77. The smallest absolute Gasteiger partial charge is 0.246 e. The first kappa shape index (κ1) is 24.9. The molecule has 0 aromatic heterocycles. The maximum Gasteiger partial charge on any atom is 0.246 e. The molecule has 6 rings (SSSR count). The zero-order chi connectivity index (χ0) is 25.7. The van der Waals surface area contributed by atoms with E-state index in [0.717, 1.165) is 63.4 Å². The number of nitrogens with one attached hydrogen (secondary N) is 2. The number of nitrogens with zero attached hydrogens (tertiary/aromatic N) is 1. The van der Waals surface area contributed by atoms with E-state index in [0.29, 0.717) is 10.7 Å². The Balaban J connectivity index is 1.31. The predicted octanol–water partition coefficient (Wildman–Crippen LogP) is 4.52. The van der Waals surface area contributed by atoms with Crippen molar-refractivity contribution in [1.82, 2.24) is 10.2 Å². The number of hydrogen-bond donors (Lipinski definition) is 2. The van der Waals surface area contributed by atoms with Crippen LogP contribution in [0.5, 0.6) is 0 Å². The zero-order valence-corrected chi connectivity index (χ0v) is 22.1. The molecule has 2 bridgehead atoms. The van der Waals surface area contributed by atoms with Crippen LogP contribution >= 0.6 is 11.6 Å². The minimum absolute atomic E-state index is 0.000928. The quantitative estimate of drug-likeness (QED) is 0.553. The Morgan fingerprint density at radius 3 is 2.43 bits per heavy atom. The van der Waals surface area contributed by atoms with E-state index in [1.807, 2.05) is 36.1 Å². The largest absolute Gasteiger partial charge is 0.359 e. The molecule has 2 N–H and O–H groups in total. The Morgan fingerprint density at radius 1 is 1.03 bits per heavy atom. The molecular weight excluding hydrogens is 490 g/mol. The number of hydrogen-bond acceptors (Lipinski definition) is 4. The SMILES string of the molecule is Cc1ccc(NC(=O)C2C3C=CC4(O3)C2C(=O)N(C2CCCCC2)C4C(=O)NC2CCCCC2)cc1Cl. The lowest BCUT2D eigenvalue weighted by Gasteiger charge is -2.39. The maximum absolute atomic E-state index is 14.2.